The molecule has 2 saturated carbocycles. The molecule has 0 atom stereocenters. The molecule has 2 rings (SSSR count). The van der Waals surface area contributed by atoms with E-state index in [2.05, 4.69) is 12.2 Å². The van der Waals surface area contributed by atoms with Crippen molar-refractivity contribution in [2.75, 3.05) is 0 Å². The minimum atomic E-state index is 0.770. The lowest BCUT2D eigenvalue weighted by Gasteiger charge is -2.18. The van der Waals surface area contributed by atoms with Crippen molar-refractivity contribution in [3.63, 3.8) is 0 Å². The van der Waals surface area contributed by atoms with Crippen LogP contribution in [0.15, 0.2) is 24.7 Å². The molecule has 0 saturated heterocycles. The molecule has 0 unspecified atom stereocenters. The Morgan fingerprint density at radius 3 is 1.41 bits per heavy atom. The number of hydrogen-bond donors (Lipinski definition) is 0. The van der Waals surface area contributed by atoms with Gasteiger partial charge in [0.1, 0.15) is 0 Å². The first-order chi connectivity index (χ1) is 8.45. The van der Waals surface area contributed by atoms with E-state index in [4.69, 9.17) is 4.74 Å². The molecule has 2 fully saturated rings. The van der Waals surface area contributed by atoms with E-state index in [9.17, 15) is 0 Å². The van der Waals surface area contributed by atoms with Gasteiger partial charge in [-0.05, 0) is 49.7 Å². The molecular weight excluding hydrogens is 208 g/mol. The Morgan fingerprint density at radius 2 is 1.00 bits per heavy atom. The summed E-state index contributed by atoms with van der Waals surface area (Å²) in [5.74, 6) is 1.54. The second-order valence-corrected chi connectivity index (χ2v) is 5.59. The van der Waals surface area contributed by atoms with Crippen molar-refractivity contribution in [2.24, 2.45) is 11.8 Å². The Morgan fingerprint density at radius 1 is 0.588 bits per heavy atom. The van der Waals surface area contributed by atoms with Crippen LogP contribution in [0, 0.1) is 11.8 Å². The lowest BCUT2D eigenvalue weighted by molar-refractivity contribution is 0.364. The monoisotopic (exact) mass is 234 g/mol. The van der Waals surface area contributed by atoms with Crippen LogP contribution < -0.4 is 0 Å². The van der Waals surface area contributed by atoms with Crippen LogP contribution in [0.4, 0.5) is 0 Å². The molecule has 17 heavy (non-hydrogen) atoms. The number of ether oxygens (including phenoxy) is 1. The molecular formula is C16H26O. The second kappa shape index (κ2) is 7.58. The van der Waals surface area contributed by atoms with Gasteiger partial charge in [-0.15, -0.1) is 0 Å². The van der Waals surface area contributed by atoms with E-state index in [0.29, 0.717) is 0 Å². The van der Waals surface area contributed by atoms with Crippen molar-refractivity contribution in [3.05, 3.63) is 24.7 Å². The molecule has 2 aliphatic rings. The number of hydrogen-bond acceptors (Lipinski definition) is 1. The van der Waals surface area contributed by atoms with Gasteiger partial charge in [0.05, 0.1) is 12.5 Å². The molecule has 0 aromatic rings. The first-order valence-corrected chi connectivity index (χ1v) is 7.44. The minimum Gasteiger partial charge on any atom is -0.473 e. The maximum Gasteiger partial charge on any atom is 0.0864 e. The van der Waals surface area contributed by atoms with E-state index in [-0.39, 0.29) is 0 Å². The van der Waals surface area contributed by atoms with Crippen LogP contribution >= 0.6 is 0 Å². The Bertz CT molecular complexity index is 216. The van der Waals surface area contributed by atoms with Crippen molar-refractivity contribution in [3.8, 4) is 0 Å². The maximum atomic E-state index is 5.48. The topological polar surface area (TPSA) is 9.23 Å². The van der Waals surface area contributed by atoms with Gasteiger partial charge in [-0.25, -0.2) is 0 Å². The third kappa shape index (κ3) is 4.97. The normalized spacial score (nSPS) is 24.7. The molecule has 0 N–H and O–H groups in total. The van der Waals surface area contributed by atoms with Crippen LogP contribution in [0.3, 0.4) is 0 Å². The molecule has 96 valence electrons. The number of rotatable bonds is 4. The minimum absolute atomic E-state index is 0.770. The summed E-state index contributed by atoms with van der Waals surface area (Å²) in [4.78, 5) is 0. The fraction of sp³-hybridized carbons (Fsp3) is 0.750. The predicted octanol–water partition coefficient (Wildman–Crippen LogP) is 5.19. The van der Waals surface area contributed by atoms with Gasteiger partial charge in [0.25, 0.3) is 0 Å². The number of allylic oxidation sites excluding steroid dienone is 2. The summed E-state index contributed by atoms with van der Waals surface area (Å²) in [5, 5.41) is 0. The van der Waals surface area contributed by atoms with Gasteiger partial charge in [-0.1, -0.05) is 38.5 Å². The summed E-state index contributed by atoms with van der Waals surface area (Å²) in [6, 6.07) is 0. The summed E-state index contributed by atoms with van der Waals surface area (Å²) in [6.45, 7) is 0. The van der Waals surface area contributed by atoms with E-state index in [1.165, 1.54) is 64.2 Å². The average molecular weight is 234 g/mol. The lowest BCUT2D eigenvalue weighted by atomic mass is 9.89. The standard InChI is InChI=1S/C16H26O/c1-3-7-15(8-4-1)11-13-17-14-12-16-9-5-2-6-10-16/h11-16H,1-10H2/b13-11+,14-12+. The van der Waals surface area contributed by atoms with Gasteiger partial charge in [-0.3, -0.25) is 0 Å². The Kier molecular flexibility index (Phi) is 5.67. The summed E-state index contributed by atoms with van der Waals surface area (Å²) in [7, 11) is 0. The van der Waals surface area contributed by atoms with Crippen LogP contribution in [-0.2, 0) is 4.74 Å². The van der Waals surface area contributed by atoms with E-state index < -0.39 is 0 Å². The van der Waals surface area contributed by atoms with Gasteiger partial charge in [0.15, 0.2) is 0 Å². The van der Waals surface area contributed by atoms with E-state index in [1.54, 1.807) is 0 Å². The fourth-order valence-corrected chi connectivity index (χ4v) is 3.01. The Labute approximate surface area is 106 Å². The van der Waals surface area contributed by atoms with Crippen LogP contribution in [0.2, 0.25) is 0 Å². The quantitative estimate of drug-likeness (QED) is 0.608. The van der Waals surface area contributed by atoms with Gasteiger partial charge in [0, 0.05) is 0 Å². The van der Waals surface area contributed by atoms with Gasteiger partial charge >= 0.3 is 0 Å². The molecule has 0 aromatic carbocycles. The molecule has 1 heteroatoms. The van der Waals surface area contributed by atoms with Crippen molar-refractivity contribution >= 4 is 0 Å². The van der Waals surface area contributed by atoms with Crippen LogP contribution in [0.5, 0.6) is 0 Å². The van der Waals surface area contributed by atoms with E-state index in [1.807, 2.05) is 12.5 Å². The smallest absolute Gasteiger partial charge is 0.0864 e. The second-order valence-electron chi connectivity index (χ2n) is 5.59. The molecule has 0 heterocycles. The van der Waals surface area contributed by atoms with Gasteiger partial charge < -0.3 is 4.74 Å². The molecule has 2 aliphatic carbocycles. The summed E-state index contributed by atoms with van der Waals surface area (Å²) in [5.41, 5.74) is 0. The zero-order valence-electron chi connectivity index (χ0n) is 10.9. The van der Waals surface area contributed by atoms with Crippen molar-refractivity contribution in [2.45, 2.75) is 64.2 Å². The molecule has 0 bridgehead atoms. The summed E-state index contributed by atoms with van der Waals surface area (Å²) >= 11 is 0. The highest BCUT2D eigenvalue weighted by Crippen LogP contribution is 2.25. The highest BCUT2D eigenvalue weighted by atomic mass is 16.5. The van der Waals surface area contributed by atoms with Crippen LogP contribution in [0.25, 0.3) is 0 Å². The highest BCUT2D eigenvalue weighted by molar-refractivity contribution is 4.89. The van der Waals surface area contributed by atoms with Crippen molar-refractivity contribution in [1.82, 2.24) is 0 Å². The van der Waals surface area contributed by atoms with Crippen LogP contribution in [0.1, 0.15) is 64.2 Å². The molecule has 0 radical (unpaired) electrons. The molecule has 0 aromatic heterocycles. The third-order valence-electron chi connectivity index (χ3n) is 4.16. The highest BCUT2D eigenvalue weighted by Gasteiger charge is 2.10. The Hall–Kier alpha value is -0.720. The first-order valence-electron chi connectivity index (χ1n) is 7.44. The SMILES string of the molecule is C(=C\C1CCCCC1)/O/C=C/C1CCCCC1. The third-order valence-corrected chi connectivity index (χ3v) is 4.16. The molecule has 0 aliphatic heterocycles. The van der Waals surface area contributed by atoms with Crippen molar-refractivity contribution in [1.29, 1.82) is 0 Å². The zero-order chi connectivity index (χ0) is 11.8. The average Bonchev–Trinajstić information content (AvgIpc) is 2.41. The maximum absolute atomic E-state index is 5.48. The molecule has 0 amide bonds. The largest absolute Gasteiger partial charge is 0.473 e. The predicted molar refractivity (Wildman–Crippen MR) is 72.5 cm³/mol. The zero-order valence-corrected chi connectivity index (χ0v) is 10.9. The van der Waals surface area contributed by atoms with Crippen molar-refractivity contribution < 1.29 is 4.74 Å². The Balaban J connectivity index is 1.60. The van der Waals surface area contributed by atoms with Gasteiger partial charge in [-0.2, -0.15) is 0 Å². The first kappa shape index (κ1) is 12.7. The summed E-state index contributed by atoms with van der Waals surface area (Å²) in [6.07, 6.45) is 22.1. The van der Waals surface area contributed by atoms with Gasteiger partial charge in [0.2, 0.25) is 0 Å². The molecule has 0 spiro atoms. The molecule has 1 nitrogen and oxygen atoms in total. The fourth-order valence-electron chi connectivity index (χ4n) is 3.01. The van der Waals surface area contributed by atoms with E-state index in [0.717, 1.165) is 11.8 Å². The van der Waals surface area contributed by atoms with E-state index >= 15 is 0 Å². The lowest BCUT2D eigenvalue weighted by Crippen LogP contribution is -2.03. The van der Waals surface area contributed by atoms with Crippen LogP contribution in [-0.4, -0.2) is 0 Å². The summed E-state index contributed by atoms with van der Waals surface area (Å²) < 4.78 is 5.48.